The smallest absolute Gasteiger partial charge is 0.338 e. The molecule has 0 aliphatic rings. The van der Waals surface area contributed by atoms with Crippen LogP contribution in [0.1, 0.15) is 10.4 Å². The highest BCUT2D eigenvalue weighted by atomic mass is 127. The number of esters is 1. The van der Waals surface area contributed by atoms with Crippen molar-refractivity contribution in [1.82, 2.24) is 9.38 Å². The maximum Gasteiger partial charge on any atom is 0.338 e. The zero-order valence-corrected chi connectivity index (χ0v) is 12.9. The highest BCUT2D eigenvalue weighted by Gasteiger charge is 2.16. The molecule has 0 spiro atoms. The van der Waals surface area contributed by atoms with Gasteiger partial charge < -0.3 is 4.74 Å². The Morgan fingerprint density at radius 2 is 2.05 bits per heavy atom. The quantitative estimate of drug-likeness (QED) is 0.507. The largest absolute Gasteiger partial charge is 0.465 e. The van der Waals surface area contributed by atoms with Crippen LogP contribution in [0.25, 0.3) is 16.8 Å². The van der Waals surface area contributed by atoms with E-state index in [1.165, 1.54) is 7.11 Å². The van der Waals surface area contributed by atoms with Gasteiger partial charge in [-0.2, -0.15) is 0 Å². The third-order valence-corrected chi connectivity index (χ3v) is 3.89. The topological polar surface area (TPSA) is 43.6 Å². The standard InChI is InChI=1S/C15H11IN2O2/c1-20-15(19)11-7-14-17-8-13(16)18(14)9-12(11)10-5-3-2-4-6-10/h2-9H,1H3. The Morgan fingerprint density at radius 3 is 2.75 bits per heavy atom. The molecule has 3 rings (SSSR count). The van der Waals surface area contributed by atoms with Crippen LogP contribution in [0.4, 0.5) is 0 Å². The van der Waals surface area contributed by atoms with Crippen LogP contribution >= 0.6 is 22.6 Å². The summed E-state index contributed by atoms with van der Waals surface area (Å²) in [6, 6.07) is 11.5. The average molecular weight is 378 g/mol. The number of ether oxygens (including phenoxy) is 1. The SMILES string of the molecule is COC(=O)c1cc2ncc(I)n2cc1-c1ccccc1. The Kier molecular flexibility index (Phi) is 3.43. The van der Waals surface area contributed by atoms with Gasteiger partial charge in [-0.25, -0.2) is 9.78 Å². The Hall–Kier alpha value is -1.89. The summed E-state index contributed by atoms with van der Waals surface area (Å²) in [6.45, 7) is 0. The highest BCUT2D eigenvalue weighted by Crippen LogP contribution is 2.26. The maximum atomic E-state index is 12.0. The zero-order valence-electron chi connectivity index (χ0n) is 10.7. The Balaban J connectivity index is 2.31. The van der Waals surface area contributed by atoms with Gasteiger partial charge >= 0.3 is 5.97 Å². The molecule has 0 saturated carbocycles. The van der Waals surface area contributed by atoms with Gasteiger partial charge in [-0.15, -0.1) is 0 Å². The first-order valence-electron chi connectivity index (χ1n) is 6.01. The molecule has 0 unspecified atom stereocenters. The number of rotatable bonds is 2. The van der Waals surface area contributed by atoms with E-state index in [2.05, 4.69) is 27.6 Å². The van der Waals surface area contributed by atoms with E-state index in [9.17, 15) is 4.79 Å². The van der Waals surface area contributed by atoms with Crippen molar-refractivity contribution in [3.8, 4) is 11.1 Å². The minimum Gasteiger partial charge on any atom is -0.465 e. The van der Waals surface area contributed by atoms with Crippen molar-refractivity contribution >= 4 is 34.2 Å². The van der Waals surface area contributed by atoms with Gasteiger partial charge in [-0.05, 0) is 34.2 Å². The second-order valence-electron chi connectivity index (χ2n) is 4.27. The molecule has 0 N–H and O–H groups in total. The Labute approximate surface area is 129 Å². The van der Waals surface area contributed by atoms with Gasteiger partial charge in [0.05, 0.1) is 18.9 Å². The molecule has 2 aromatic heterocycles. The second kappa shape index (κ2) is 5.24. The summed E-state index contributed by atoms with van der Waals surface area (Å²) in [5.41, 5.74) is 3.06. The number of carbonyl (C=O) groups is 1. The van der Waals surface area contributed by atoms with Gasteiger partial charge in [0.1, 0.15) is 9.35 Å². The summed E-state index contributed by atoms with van der Waals surface area (Å²) in [6.07, 6.45) is 3.69. The lowest BCUT2D eigenvalue weighted by Crippen LogP contribution is -2.05. The fourth-order valence-electron chi connectivity index (χ4n) is 2.12. The van der Waals surface area contributed by atoms with Gasteiger partial charge in [0.15, 0.2) is 0 Å². The molecule has 0 atom stereocenters. The number of imidazole rings is 1. The van der Waals surface area contributed by atoms with E-state index in [-0.39, 0.29) is 5.97 Å². The molecule has 0 aliphatic heterocycles. The summed E-state index contributed by atoms with van der Waals surface area (Å²) in [5.74, 6) is -0.357. The molecule has 4 nitrogen and oxygen atoms in total. The van der Waals surface area contributed by atoms with E-state index in [1.54, 1.807) is 12.3 Å². The van der Waals surface area contributed by atoms with Crippen LogP contribution in [0.15, 0.2) is 48.8 Å². The van der Waals surface area contributed by atoms with Crippen molar-refractivity contribution in [3.05, 3.63) is 58.1 Å². The molecule has 0 saturated heterocycles. The molecule has 0 fully saturated rings. The number of nitrogens with zero attached hydrogens (tertiary/aromatic N) is 2. The van der Waals surface area contributed by atoms with Crippen molar-refractivity contribution in [2.45, 2.75) is 0 Å². The molecule has 0 aliphatic carbocycles. The number of carbonyl (C=O) groups excluding carboxylic acids is 1. The van der Waals surface area contributed by atoms with Gasteiger partial charge in [-0.1, -0.05) is 30.3 Å². The van der Waals surface area contributed by atoms with Crippen LogP contribution in [0.5, 0.6) is 0 Å². The zero-order chi connectivity index (χ0) is 14.1. The van der Waals surface area contributed by atoms with Crippen LogP contribution in [-0.4, -0.2) is 22.5 Å². The molecule has 5 heteroatoms. The monoisotopic (exact) mass is 378 g/mol. The van der Waals surface area contributed by atoms with Gasteiger partial charge in [0, 0.05) is 11.8 Å². The minimum absolute atomic E-state index is 0.357. The maximum absolute atomic E-state index is 12.0. The second-order valence-corrected chi connectivity index (χ2v) is 5.37. The van der Waals surface area contributed by atoms with Crippen molar-refractivity contribution in [1.29, 1.82) is 0 Å². The molecule has 0 bridgehead atoms. The highest BCUT2D eigenvalue weighted by molar-refractivity contribution is 14.1. The van der Waals surface area contributed by atoms with E-state index >= 15 is 0 Å². The number of hydrogen-bond donors (Lipinski definition) is 0. The van der Waals surface area contributed by atoms with Crippen molar-refractivity contribution in [3.63, 3.8) is 0 Å². The lowest BCUT2D eigenvalue weighted by Gasteiger charge is -2.09. The van der Waals surface area contributed by atoms with Gasteiger partial charge in [-0.3, -0.25) is 4.40 Å². The fraction of sp³-hybridized carbons (Fsp3) is 0.0667. The molecule has 1 aromatic carbocycles. The number of benzene rings is 1. The van der Waals surface area contributed by atoms with E-state index in [0.29, 0.717) is 5.56 Å². The summed E-state index contributed by atoms with van der Waals surface area (Å²) in [5, 5.41) is 0. The predicted octanol–water partition coefficient (Wildman–Crippen LogP) is 3.39. The van der Waals surface area contributed by atoms with Crippen molar-refractivity contribution < 1.29 is 9.53 Å². The van der Waals surface area contributed by atoms with Crippen LogP contribution in [0.3, 0.4) is 0 Å². The first kappa shape index (κ1) is 13.1. The van der Waals surface area contributed by atoms with Gasteiger partial charge in [0.25, 0.3) is 0 Å². The van der Waals surface area contributed by atoms with Crippen LogP contribution in [0, 0.1) is 3.70 Å². The molecule has 2 heterocycles. The normalized spacial score (nSPS) is 10.7. The number of hydrogen-bond acceptors (Lipinski definition) is 3. The molecule has 20 heavy (non-hydrogen) atoms. The summed E-state index contributed by atoms with van der Waals surface area (Å²) in [7, 11) is 1.39. The van der Waals surface area contributed by atoms with E-state index < -0.39 is 0 Å². The first-order valence-corrected chi connectivity index (χ1v) is 7.09. The number of pyridine rings is 1. The van der Waals surface area contributed by atoms with E-state index in [4.69, 9.17) is 4.74 Å². The fourth-order valence-corrected chi connectivity index (χ4v) is 2.65. The van der Waals surface area contributed by atoms with Crippen molar-refractivity contribution in [2.24, 2.45) is 0 Å². The van der Waals surface area contributed by atoms with Gasteiger partial charge in [0.2, 0.25) is 0 Å². The molecule has 3 aromatic rings. The lowest BCUT2D eigenvalue weighted by atomic mass is 10.0. The number of fused-ring (bicyclic) bond motifs is 1. The molecule has 0 radical (unpaired) electrons. The first-order chi connectivity index (χ1) is 9.70. The lowest BCUT2D eigenvalue weighted by molar-refractivity contribution is 0.0601. The number of aromatic nitrogens is 2. The van der Waals surface area contributed by atoms with Crippen LogP contribution in [-0.2, 0) is 4.74 Å². The van der Waals surface area contributed by atoms with Crippen LogP contribution in [0.2, 0.25) is 0 Å². The molecular formula is C15H11IN2O2. The molecular weight excluding hydrogens is 367 g/mol. The molecule has 0 amide bonds. The summed E-state index contributed by atoms with van der Waals surface area (Å²) >= 11 is 2.21. The van der Waals surface area contributed by atoms with Crippen molar-refractivity contribution in [2.75, 3.05) is 7.11 Å². The number of halogens is 1. The number of methoxy groups -OCH3 is 1. The third kappa shape index (κ3) is 2.18. The van der Waals surface area contributed by atoms with E-state index in [1.807, 2.05) is 40.9 Å². The minimum atomic E-state index is -0.357. The summed E-state index contributed by atoms with van der Waals surface area (Å²) < 4.78 is 7.82. The average Bonchev–Trinajstić information content (AvgIpc) is 2.87. The Morgan fingerprint density at radius 1 is 1.30 bits per heavy atom. The Bertz CT molecular complexity index is 781. The van der Waals surface area contributed by atoms with E-state index in [0.717, 1.165) is 20.5 Å². The molecule has 100 valence electrons. The predicted molar refractivity (Wildman–Crippen MR) is 84.7 cm³/mol. The van der Waals surface area contributed by atoms with Crippen LogP contribution < -0.4 is 0 Å². The summed E-state index contributed by atoms with van der Waals surface area (Å²) in [4.78, 5) is 16.3. The third-order valence-electron chi connectivity index (χ3n) is 3.09.